The Balaban J connectivity index is 2.02. The first-order valence-electron chi connectivity index (χ1n) is 5.66. The molecule has 82 valence electrons. The van der Waals surface area contributed by atoms with Gasteiger partial charge in [-0.25, -0.2) is 0 Å². The summed E-state index contributed by atoms with van der Waals surface area (Å²) in [4.78, 5) is 2.23. The molecule has 3 nitrogen and oxygen atoms in total. The normalized spacial score (nSPS) is 17.5. The second kappa shape index (κ2) is 6.82. The molecule has 14 heavy (non-hydrogen) atoms. The molecule has 1 fully saturated rings. The van der Waals surface area contributed by atoms with Crippen molar-refractivity contribution in [3.05, 3.63) is 0 Å². The molecule has 0 amide bonds. The number of amidine groups is 1. The van der Waals surface area contributed by atoms with Crippen LogP contribution in [0.1, 0.15) is 38.5 Å². The molecule has 0 radical (unpaired) electrons. The summed E-state index contributed by atoms with van der Waals surface area (Å²) in [5.74, 6) is 0.850. The fourth-order valence-electron chi connectivity index (χ4n) is 1.86. The molecule has 1 aliphatic rings. The Kier molecular flexibility index (Phi) is 5.60. The molecule has 1 aliphatic heterocycles. The molecule has 0 unspecified atom stereocenters. The predicted molar refractivity (Wildman–Crippen MR) is 58.9 cm³/mol. The molecule has 0 bridgehead atoms. The van der Waals surface area contributed by atoms with Crippen LogP contribution in [0.25, 0.3) is 0 Å². The Morgan fingerprint density at radius 3 is 2.86 bits per heavy atom. The Morgan fingerprint density at radius 1 is 1.29 bits per heavy atom. The minimum absolute atomic E-state index is 0.850. The second-order valence-corrected chi connectivity index (χ2v) is 3.94. The number of rotatable bonds is 6. The number of piperidine rings is 1. The van der Waals surface area contributed by atoms with Crippen molar-refractivity contribution in [3.63, 3.8) is 0 Å². The minimum Gasteiger partial charge on any atom is -0.385 e. The maximum atomic E-state index is 7.76. The average Bonchev–Trinajstić information content (AvgIpc) is 2.20. The summed E-state index contributed by atoms with van der Waals surface area (Å²) in [5, 5.41) is 7.76. The molecule has 0 saturated carbocycles. The summed E-state index contributed by atoms with van der Waals surface area (Å²) in [7, 11) is 1.75. The molecular weight excluding hydrogens is 176 g/mol. The molecule has 3 heteroatoms. The summed E-state index contributed by atoms with van der Waals surface area (Å²) in [6.07, 6.45) is 7.03. The summed E-state index contributed by atoms with van der Waals surface area (Å²) in [6.45, 7) is 3.04. The van der Waals surface area contributed by atoms with Gasteiger partial charge >= 0.3 is 0 Å². The van der Waals surface area contributed by atoms with Crippen LogP contribution in [-0.4, -0.2) is 37.5 Å². The summed E-state index contributed by atoms with van der Waals surface area (Å²) in [6, 6.07) is 0. The van der Waals surface area contributed by atoms with Gasteiger partial charge in [0, 0.05) is 33.2 Å². The highest BCUT2D eigenvalue weighted by atomic mass is 16.5. The number of methoxy groups -OCH3 is 1. The Morgan fingerprint density at radius 2 is 2.14 bits per heavy atom. The Hall–Kier alpha value is -0.570. The molecule has 0 aromatic heterocycles. The van der Waals surface area contributed by atoms with E-state index < -0.39 is 0 Å². The highest BCUT2D eigenvalue weighted by Gasteiger charge is 2.13. The maximum absolute atomic E-state index is 7.76. The van der Waals surface area contributed by atoms with Crippen molar-refractivity contribution in [1.82, 2.24) is 4.90 Å². The fourth-order valence-corrected chi connectivity index (χ4v) is 1.86. The van der Waals surface area contributed by atoms with Crippen molar-refractivity contribution in [2.24, 2.45) is 0 Å². The third kappa shape index (κ3) is 4.09. The maximum Gasteiger partial charge on any atom is 0.0957 e. The van der Waals surface area contributed by atoms with E-state index in [0.29, 0.717) is 0 Å². The monoisotopic (exact) mass is 198 g/mol. The van der Waals surface area contributed by atoms with Crippen molar-refractivity contribution in [3.8, 4) is 0 Å². The van der Waals surface area contributed by atoms with Gasteiger partial charge in [-0.15, -0.1) is 0 Å². The molecule has 0 spiro atoms. The van der Waals surface area contributed by atoms with Gasteiger partial charge in [0.15, 0.2) is 0 Å². The lowest BCUT2D eigenvalue weighted by molar-refractivity contribution is 0.191. The standard InChI is InChI=1S/C11H22N2O/c1-14-10-6-2-4-8-13-9-5-3-7-11(13)12/h12H,2-10H2,1H3. The van der Waals surface area contributed by atoms with Crippen LogP contribution in [0.2, 0.25) is 0 Å². The zero-order chi connectivity index (χ0) is 10.2. The summed E-state index contributed by atoms with van der Waals surface area (Å²) >= 11 is 0. The van der Waals surface area contributed by atoms with Gasteiger partial charge in [-0.05, 0) is 32.1 Å². The van der Waals surface area contributed by atoms with Gasteiger partial charge in [0.2, 0.25) is 0 Å². The average molecular weight is 198 g/mol. The highest BCUT2D eigenvalue weighted by Crippen LogP contribution is 2.11. The van der Waals surface area contributed by atoms with Crippen LogP contribution in [0.4, 0.5) is 0 Å². The molecule has 0 aromatic rings. The Labute approximate surface area is 86.9 Å². The lowest BCUT2D eigenvalue weighted by Crippen LogP contribution is -2.35. The first-order valence-corrected chi connectivity index (χ1v) is 5.66. The Bertz CT molecular complexity index is 171. The van der Waals surface area contributed by atoms with Gasteiger partial charge in [0.1, 0.15) is 0 Å². The van der Waals surface area contributed by atoms with Gasteiger partial charge in [-0.2, -0.15) is 0 Å². The van der Waals surface area contributed by atoms with Crippen LogP contribution in [0.5, 0.6) is 0 Å². The van der Waals surface area contributed by atoms with Gasteiger partial charge in [-0.3, -0.25) is 5.41 Å². The predicted octanol–water partition coefficient (Wildman–Crippen LogP) is 2.27. The number of unbranched alkanes of at least 4 members (excludes halogenated alkanes) is 2. The molecule has 1 heterocycles. The quantitative estimate of drug-likeness (QED) is 0.665. The number of nitrogens with zero attached hydrogens (tertiary/aromatic N) is 1. The zero-order valence-electron chi connectivity index (χ0n) is 9.22. The van der Waals surface area contributed by atoms with Gasteiger partial charge in [0.25, 0.3) is 0 Å². The number of hydrogen-bond acceptors (Lipinski definition) is 2. The third-order valence-electron chi connectivity index (χ3n) is 2.75. The van der Waals surface area contributed by atoms with E-state index in [2.05, 4.69) is 4.90 Å². The van der Waals surface area contributed by atoms with E-state index >= 15 is 0 Å². The first kappa shape index (κ1) is 11.5. The SMILES string of the molecule is COCCCCCN1CCCCC1=N. The second-order valence-electron chi connectivity index (χ2n) is 3.94. The molecule has 1 N–H and O–H groups in total. The van der Waals surface area contributed by atoms with Gasteiger partial charge < -0.3 is 9.64 Å². The number of ether oxygens (including phenoxy) is 1. The smallest absolute Gasteiger partial charge is 0.0957 e. The minimum atomic E-state index is 0.850. The van der Waals surface area contributed by atoms with E-state index in [4.69, 9.17) is 10.1 Å². The van der Waals surface area contributed by atoms with E-state index in [1.807, 2.05) is 0 Å². The van der Waals surface area contributed by atoms with Crippen molar-refractivity contribution in [1.29, 1.82) is 5.41 Å². The zero-order valence-corrected chi connectivity index (χ0v) is 9.22. The number of hydrogen-bond donors (Lipinski definition) is 1. The summed E-state index contributed by atoms with van der Waals surface area (Å²) in [5.41, 5.74) is 0. The molecule has 0 aliphatic carbocycles. The highest BCUT2D eigenvalue weighted by molar-refractivity contribution is 5.79. The lowest BCUT2D eigenvalue weighted by Gasteiger charge is -2.29. The molecule has 0 aromatic carbocycles. The molecule has 1 saturated heterocycles. The third-order valence-corrected chi connectivity index (χ3v) is 2.75. The number of nitrogens with one attached hydrogen (secondary N) is 1. The lowest BCUT2D eigenvalue weighted by atomic mass is 10.1. The van der Waals surface area contributed by atoms with Crippen molar-refractivity contribution >= 4 is 5.84 Å². The van der Waals surface area contributed by atoms with E-state index in [1.165, 1.54) is 25.7 Å². The van der Waals surface area contributed by atoms with Gasteiger partial charge in [0.05, 0.1) is 5.84 Å². The van der Waals surface area contributed by atoms with Crippen molar-refractivity contribution < 1.29 is 4.74 Å². The summed E-state index contributed by atoms with van der Waals surface area (Å²) < 4.78 is 5.00. The topological polar surface area (TPSA) is 36.3 Å². The molecule has 0 atom stereocenters. The fraction of sp³-hybridized carbons (Fsp3) is 0.909. The van der Waals surface area contributed by atoms with E-state index in [1.54, 1.807) is 7.11 Å². The van der Waals surface area contributed by atoms with Gasteiger partial charge in [-0.1, -0.05) is 0 Å². The van der Waals surface area contributed by atoms with Crippen molar-refractivity contribution in [2.45, 2.75) is 38.5 Å². The van der Waals surface area contributed by atoms with Crippen LogP contribution in [0.3, 0.4) is 0 Å². The van der Waals surface area contributed by atoms with Crippen LogP contribution < -0.4 is 0 Å². The molecule has 1 rings (SSSR count). The van der Waals surface area contributed by atoms with E-state index in [9.17, 15) is 0 Å². The van der Waals surface area contributed by atoms with Crippen LogP contribution in [0.15, 0.2) is 0 Å². The van der Waals surface area contributed by atoms with Crippen LogP contribution in [-0.2, 0) is 4.74 Å². The largest absolute Gasteiger partial charge is 0.385 e. The van der Waals surface area contributed by atoms with Crippen molar-refractivity contribution in [2.75, 3.05) is 26.8 Å². The number of likely N-dealkylation sites (tertiary alicyclic amines) is 1. The van der Waals surface area contributed by atoms with Crippen LogP contribution >= 0.6 is 0 Å². The van der Waals surface area contributed by atoms with Crippen LogP contribution in [0, 0.1) is 5.41 Å². The molecular formula is C11H22N2O. The van der Waals surface area contributed by atoms with E-state index in [0.717, 1.165) is 38.4 Å². The van der Waals surface area contributed by atoms with E-state index in [-0.39, 0.29) is 0 Å². The first-order chi connectivity index (χ1) is 6.84.